The van der Waals surface area contributed by atoms with Crippen LogP contribution in [-0.2, 0) is 16.1 Å². The van der Waals surface area contributed by atoms with Crippen LogP contribution in [-0.4, -0.2) is 22.3 Å². The van der Waals surface area contributed by atoms with Crippen molar-refractivity contribution in [3.05, 3.63) is 48.3 Å². The largest absolute Gasteiger partial charge is 0.367 e. The highest BCUT2D eigenvalue weighted by molar-refractivity contribution is 5.91. The van der Waals surface area contributed by atoms with Crippen LogP contribution in [0.25, 0.3) is 0 Å². The molecule has 0 aliphatic heterocycles. The Balaban J connectivity index is 1.43. The SMILES string of the molecule is CC(C1CC1)n1cc(NC(=O)COCc2ccccc2)cn1. The first-order valence-corrected chi connectivity index (χ1v) is 7.68. The molecule has 3 rings (SSSR count). The summed E-state index contributed by atoms with van der Waals surface area (Å²) in [6.45, 7) is 2.64. The van der Waals surface area contributed by atoms with E-state index in [1.54, 1.807) is 6.20 Å². The summed E-state index contributed by atoms with van der Waals surface area (Å²) < 4.78 is 7.35. The van der Waals surface area contributed by atoms with Crippen LogP contribution in [0.4, 0.5) is 5.69 Å². The molecule has 1 amide bonds. The van der Waals surface area contributed by atoms with Crippen molar-refractivity contribution in [2.75, 3.05) is 11.9 Å². The van der Waals surface area contributed by atoms with Gasteiger partial charge in [0.2, 0.25) is 5.91 Å². The van der Waals surface area contributed by atoms with E-state index in [9.17, 15) is 4.79 Å². The predicted octanol–water partition coefficient (Wildman–Crippen LogP) is 3.01. The van der Waals surface area contributed by atoms with E-state index in [0.29, 0.717) is 12.6 Å². The van der Waals surface area contributed by atoms with E-state index < -0.39 is 0 Å². The van der Waals surface area contributed by atoms with Gasteiger partial charge in [-0.2, -0.15) is 5.10 Å². The molecule has 0 radical (unpaired) electrons. The average molecular weight is 299 g/mol. The maximum atomic E-state index is 11.9. The molecule has 1 atom stereocenters. The van der Waals surface area contributed by atoms with Crippen molar-refractivity contribution < 1.29 is 9.53 Å². The van der Waals surface area contributed by atoms with Gasteiger partial charge in [0.05, 0.1) is 24.5 Å². The third kappa shape index (κ3) is 3.95. The minimum atomic E-state index is -0.158. The van der Waals surface area contributed by atoms with Crippen LogP contribution < -0.4 is 5.32 Å². The Hall–Kier alpha value is -2.14. The number of nitrogens with one attached hydrogen (secondary N) is 1. The van der Waals surface area contributed by atoms with Crippen molar-refractivity contribution in [1.29, 1.82) is 0 Å². The Labute approximate surface area is 130 Å². The summed E-state index contributed by atoms with van der Waals surface area (Å²) >= 11 is 0. The number of amides is 1. The Morgan fingerprint density at radius 1 is 1.41 bits per heavy atom. The van der Waals surface area contributed by atoms with E-state index in [2.05, 4.69) is 17.3 Å². The Morgan fingerprint density at radius 2 is 2.18 bits per heavy atom. The highest BCUT2D eigenvalue weighted by Crippen LogP contribution is 2.39. The predicted molar refractivity (Wildman–Crippen MR) is 84.4 cm³/mol. The van der Waals surface area contributed by atoms with Gasteiger partial charge in [-0.15, -0.1) is 0 Å². The van der Waals surface area contributed by atoms with Gasteiger partial charge in [-0.3, -0.25) is 9.48 Å². The van der Waals surface area contributed by atoms with Crippen molar-refractivity contribution >= 4 is 11.6 Å². The van der Waals surface area contributed by atoms with E-state index >= 15 is 0 Å². The van der Waals surface area contributed by atoms with Crippen LogP contribution in [0.2, 0.25) is 0 Å². The first-order valence-electron chi connectivity index (χ1n) is 7.68. The lowest BCUT2D eigenvalue weighted by Crippen LogP contribution is -2.18. The lowest BCUT2D eigenvalue weighted by molar-refractivity contribution is -0.121. The highest BCUT2D eigenvalue weighted by Gasteiger charge is 2.29. The van der Waals surface area contributed by atoms with Gasteiger partial charge >= 0.3 is 0 Å². The lowest BCUT2D eigenvalue weighted by Gasteiger charge is -2.09. The second kappa shape index (κ2) is 6.75. The van der Waals surface area contributed by atoms with Crippen LogP contribution in [0.5, 0.6) is 0 Å². The second-order valence-corrected chi connectivity index (χ2v) is 5.81. The van der Waals surface area contributed by atoms with Crippen LogP contribution >= 0.6 is 0 Å². The van der Waals surface area contributed by atoms with Gasteiger partial charge < -0.3 is 10.1 Å². The number of anilines is 1. The summed E-state index contributed by atoms with van der Waals surface area (Å²) in [5, 5.41) is 7.13. The summed E-state index contributed by atoms with van der Waals surface area (Å²) in [5.74, 6) is 0.576. The number of rotatable bonds is 7. The number of hydrogen-bond donors (Lipinski definition) is 1. The Morgan fingerprint density at radius 3 is 2.91 bits per heavy atom. The third-order valence-corrected chi connectivity index (χ3v) is 3.95. The molecule has 1 aromatic carbocycles. The van der Waals surface area contributed by atoms with Crippen molar-refractivity contribution in [3.8, 4) is 0 Å². The Kier molecular flexibility index (Phi) is 4.53. The molecule has 1 unspecified atom stereocenters. The molecule has 1 saturated carbocycles. The van der Waals surface area contributed by atoms with Gasteiger partial charge in [-0.25, -0.2) is 0 Å². The molecule has 1 aliphatic carbocycles. The fraction of sp³-hybridized carbons (Fsp3) is 0.412. The summed E-state index contributed by atoms with van der Waals surface area (Å²) in [6, 6.07) is 10.2. The van der Waals surface area contributed by atoms with Gasteiger partial charge in [0.1, 0.15) is 6.61 Å². The van der Waals surface area contributed by atoms with Crippen molar-refractivity contribution in [2.45, 2.75) is 32.4 Å². The standard InChI is InChI=1S/C17H21N3O2/c1-13(15-7-8-15)20-10-16(9-18-20)19-17(21)12-22-11-14-5-3-2-4-6-14/h2-6,9-10,13,15H,7-8,11-12H2,1H3,(H,19,21). The number of carbonyl (C=O) groups is 1. The van der Waals surface area contributed by atoms with E-state index in [4.69, 9.17) is 4.74 Å². The molecule has 0 bridgehead atoms. The molecule has 1 aliphatic rings. The van der Waals surface area contributed by atoms with Crippen LogP contribution in [0, 0.1) is 5.92 Å². The fourth-order valence-electron chi connectivity index (χ4n) is 2.45. The quantitative estimate of drug-likeness (QED) is 0.855. The van der Waals surface area contributed by atoms with Gasteiger partial charge in [0.25, 0.3) is 0 Å². The summed E-state index contributed by atoms with van der Waals surface area (Å²) in [4.78, 5) is 11.9. The molecule has 1 N–H and O–H groups in total. The van der Waals surface area contributed by atoms with Crippen molar-refractivity contribution in [3.63, 3.8) is 0 Å². The second-order valence-electron chi connectivity index (χ2n) is 5.81. The first kappa shape index (κ1) is 14.8. The number of hydrogen-bond acceptors (Lipinski definition) is 3. The van der Waals surface area contributed by atoms with Crippen LogP contribution in [0.1, 0.15) is 31.4 Å². The minimum absolute atomic E-state index is 0.0399. The molecule has 1 heterocycles. The van der Waals surface area contributed by atoms with Crippen molar-refractivity contribution in [2.24, 2.45) is 5.92 Å². The van der Waals surface area contributed by atoms with Gasteiger partial charge in [0.15, 0.2) is 0 Å². The molecule has 0 saturated heterocycles. The molecule has 2 aromatic rings. The average Bonchev–Trinajstić information content (AvgIpc) is 3.28. The van der Waals surface area contributed by atoms with Crippen molar-refractivity contribution in [1.82, 2.24) is 9.78 Å². The third-order valence-electron chi connectivity index (χ3n) is 3.95. The monoisotopic (exact) mass is 299 g/mol. The number of nitrogens with zero attached hydrogens (tertiary/aromatic N) is 2. The Bertz CT molecular complexity index is 620. The van der Waals surface area contributed by atoms with Gasteiger partial charge in [0, 0.05) is 6.20 Å². The molecule has 1 aromatic heterocycles. The van der Waals surface area contributed by atoms with Gasteiger partial charge in [-0.05, 0) is 31.2 Å². The topological polar surface area (TPSA) is 56.2 Å². The number of benzene rings is 1. The smallest absolute Gasteiger partial charge is 0.250 e. The molecule has 5 heteroatoms. The molecular weight excluding hydrogens is 278 g/mol. The number of ether oxygens (including phenoxy) is 1. The molecule has 116 valence electrons. The number of aromatic nitrogens is 2. The van der Waals surface area contributed by atoms with Crippen LogP contribution in [0.3, 0.4) is 0 Å². The summed E-state index contributed by atoms with van der Waals surface area (Å²) in [6.07, 6.45) is 6.12. The molecular formula is C17H21N3O2. The number of carbonyl (C=O) groups excluding carboxylic acids is 1. The minimum Gasteiger partial charge on any atom is -0.367 e. The summed E-state index contributed by atoms with van der Waals surface area (Å²) in [7, 11) is 0. The normalized spacial score (nSPS) is 15.5. The van der Waals surface area contributed by atoms with Crippen LogP contribution in [0.15, 0.2) is 42.7 Å². The molecule has 22 heavy (non-hydrogen) atoms. The fourth-order valence-corrected chi connectivity index (χ4v) is 2.45. The van der Waals surface area contributed by atoms with E-state index in [-0.39, 0.29) is 12.5 Å². The lowest BCUT2D eigenvalue weighted by atomic mass is 10.2. The molecule has 0 spiro atoms. The maximum absolute atomic E-state index is 11.9. The highest BCUT2D eigenvalue weighted by atomic mass is 16.5. The summed E-state index contributed by atoms with van der Waals surface area (Å²) in [5.41, 5.74) is 1.78. The maximum Gasteiger partial charge on any atom is 0.250 e. The van der Waals surface area contributed by atoms with E-state index in [1.807, 2.05) is 41.2 Å². The van der Waals surface area contributed by atoms with E-state index in [1.165, 1.54) is 12.8 Å². The van der Waals surface area contributed by atoms with E-state index in [0.717, 1.165) is 17.2 Å². The van der Waals surface area contributed by atoms with Gasteiger partial charge in [-0.1, -0.05) is 30.3 Å². The molecule has 1 fully saturated rings. The zero-order valence-corrected chi connectivity index (χ0v) is 12.7. The zero-order valence-electron chi connectivity index (χ0n) is 12.7. The zero-order chi connectivity index (χ0) is 15.4. The first-order chi connectivity index (χ1) is 10.7. The molecule has 5 nitrogen and oxygen atoms in total.